The number of aromatic amines is 1. The van der Waals surface area contributed by atoms with E-state index in [-0.39, 0.29) is 5.56 Å². The summed E-state index contributed by atoms with van der Waals surface area (Å²) in [5, 5.41) is 0.964. The molecular formula is C16H19N3OS. The van der Waals surface area contributed by atoms with Gasteiger partial charge in [0.05, 0.1) is 5.03 Å². The first-order valence-electron chi connectivity index (χ1n) is 7.16. The zero-order chi connectivity index (χ0) is 14.8. The van der Waals surface area contributed by atoms with E-state index in [1.54, 1.807) is 11.8 Å². The van der Waals surface area contributed by atoms with Gasteiger partial charge in [-0.25, -0.2) is 0 Å². The van der Waals surface area contributed by atoms with Crippen molar-refractivity contribution in [1.29, 1.82) is 0 Å². The molecule has 0 radical (unpaired) electrons. The fourth-order valence-corrected chi connectivity index (χ4v) is 3.85. The molecule has 2 aromatic rings. The molecule has 1 aromatic carbocycles. The van der Waals surface area contributed by atoms with E-state index in [4.69, 9.17) is 11.5 Å². The Bertz CT molecular complexity index is 724. The lowest BCUT2D eigenvalue weighted by Crippen LogP contribution is -2.20. The van der Waals surface area contributed by atoms with E-state index in [0.717, 1.165) is 53.3 Å². The highest BCUT2D eigenvalue weighted by Crippen LogP contribution is 2.32. The van der Waals surface area contributed by atoms with Crippen molar-refractivity contribution >= 4 is 23.1 Å². The molecule has 0 unspecified atom stereocenters. The lowest BCUT2D eigenvalue weighted by atomic mass is 9.92. The second-order valence-corrected chi connectivity index (χ2v) is 6.38. The van der Waals surface area contributed by atoms with Crippen molar-refractivity contribution in [2.24, 2.45) is 0 Å². The number of aromatic nitrogens is 1. The Labute approximate surface area is 127 Å². The van der Waals surface area contributed by atoms with Crippen molar-refractivity contribution in [3.05, 3.63) is 51.3 Å². The van der Waals surface area contributed by atoms with Crippen LogP contribution in [-0.4, -0.2) is 4.98 Å². The third-order valence-electron chi connectivity index (χ3n) is 3.87. The average molecular weight is 301 g/mol. The van der Waals surface area contributed by atoms with Crippen molar-refractivity contribution in [3.8, 4) is 0 Å². The van der Waals surface area contributed by atoms with Crippen LogP contribution in [-0.2, 0) is 18.6 Å². The fraction of sp³-hybridized carbons (Fsp3) is 0.312. The van der Waals surface area contributed by atoms with Crippen LogP contribution in [0.3, 0.4) is 0 Å². The Hall–Kier alpha value is -1.88. The van der Waals surface area contributed by atoms with Gasteiger partial charge >= 0.3 is 0 Å². The van der Waals surface area contributed by atoms with Crippen LogP contribution in [0.25, 0.3) is 0 Å². The number of thioether (sulfide) groups is 1. The minimum Gasteiger partial charge on any atom is -0.399 e. The highest BCUT2D eigenvalue weighted by Gasteiger charge is 2.19. The number of pyridine rings is 1. The van der Waals surface area contributed by atoms with Gasteiger partial charge in [-0.1, -0.05) is 12.1 Å². The molecule has 110 valence electrons. The van der Waals surface area contributed by atoms with Gasteiger partial charge in [0.25, 0.3) is 5.56 Å². The number of rotatable bonds is 3. The van der Waals surface area contributed by atoms with Crippen LogP contribution in [0.2, 0.25) is 0 Å². The summed E-state index contributed by atoms with van der Waals surface area (Å²) in [5.41, 5.74) is 16.2. The van der Waals surface area contributed by atoms with Crippen LogP contribution >= 0.6 is 11.8 Å². The first-order valence-corrected chi connectivity index (χ1v) is 8.14. The van der Waals surface area contributed by atoms with Gasteiger partial charge in [0.15, 0.2) is 0 Å². The molecule has 5 N–H and O–H groups in total. The van der Waals surface area contributed by atoms with Crippen LogP contribution in [0.4, 0.5) is 11.4 Å². The molecule has 4 nitrogen and oxygen atoms in total. The molecule has 1 heterocycles. The van der Waals surface area contributed by atoms with Gasteiger partial charge in [-0.3, -0.25) is 4.79 Å². The Kier molecular flexibility index (Phi) is 3.92. The number of benzene rings is 1. The van der Waals surface area contributed by atoms with Crippen LogP contribution in [0.15, 0.2) is 34.1 Å². The van der Waals surface area contributed by atoms with Gasteiger partial charge < -0.3 is 16.5 Å². The zero-order valence-corrected chi connectivity index (χ0v) is 12.6. The minimum absolute atomic E-state index is 0.161. The second kappa shape index (κ2) is 5.85. The lowest BCUT2D eigenvalue weighted by molar-refractivity contribution is 0.667. The lowest BCUT2D eigenvalue weighted by Gasteiger charge is -2.20. The molecule has 1 aliphatic rings. The summed E-state index contributed by atoms with van der Waals surface area (Å²) in [7, 11) is 0. The van der Waals surface area contributed by atoms with Crippen molar-refractivity contribution in [1.82, 2.24) is 4.98 Å². The van der Waals surface area contributed by atoms with Crippen molar-refractivity contribution in [2.75, 3.05) is 11.5 Å². The maximum Gasteiger partial charge on any atom is 0.272 e. The smallest absolute Gasteiger partial charge is 0.272 e. The molecule has 0 aliphatic heterocycles. The highest BCUT2D eigenvalue weighted by molar-refractivity contribution is 7.98. The molecule has 5 heteroatoms. The standard InChI is InChI=1S/C16H19N3OS/c17-11-5-3-4-10(8-11)9-21-16-13-7-2-1-6-12(13)14(18)15(20)19-16/h3-5,8H,1-2,6-7,9,17-18H2,(H,19,20). The Balaban J connectivity index is 1.89. The normalized spacial score (nSPS) is 13.9. The maximum absolute atomic E-state index is 12.0. The molecule has 1 aliphatic carbocycles. The van der Waals surface area contributed by atoms with E-state index in [1.807, 2.05) is 24.3 Å². The largest absolute Gasteiger partial charge is 0.399 e. The van der Waals surface area contributed by atoms with Crippen LogP contribution in [0.5, 0.6) is 0 Å². The van der Waals surface area contributed by atoms with Crippen molar-refractivity contribution in [2.45, 2.75) is 36.5 Å². The van der Waals surface area contributed by atoms with Gasteiger partial charge in [0.1, 0.15) is 5.69 Å². The molecule has 0 amide bonds. The number of anilines is 2. The van der Waals surface area contributed by atoms with E-state index in [2.05, 4.69) is 4.98 Å². The number of H-pyrrole nitrogens is 1. The molecular weight excluding hydrogens is 282 g/mol. The Morgan fingerprint density at radius 3 is 2.67 bits per heavy atom. The number of nitrogen functional groups attached to an aromatic ring is 2. The highest BCUT2D eigenvalue weighted by atomic mass is 32.2. The summed E-state index contributed by atoms with van der Waals surface area (Å²) in [6.07, 6.45) is 4.18. The molecule has 0 atom stereocenters. The predicted molar refractivity (Wildman–Crippen MR) is 88.5 cm³/mol. The van der Waals surface area contributed by atoms with Gasteiger partial charge in [0, 0.05) is 11.4 Å². The Morgan fingerprint density at radius 1 is 1.14 bits per heavy atom. The van der Waals surface area contributed by atoms with E-state index in [1.165, 1.54) is 5.56 Å². The molecule has 1 aromatic heterocycles. The van der Waals surface area contributed by atoms with Gasteiger partial charge in [-0.05, 0) is 54.5 Å². The summed E-state index contributed by atoms with van der Waals surface area (Å²) in [6.45, 7) is 0. The summed E-state index contributed by atoms with van der Waals surface area (Å²) in [5.74, 6) is 0.789. The van der Waals surface area contributed by atoms with E-state index in [9.17, 15) is 4.79 Å². The average Bonchev–Trinajstić information content (AvgIpc) is 2.50. The van der Waals surface area contributed by atoms with E-state index >= 15 is 0 Å². The van der Waals surface area contributed by atoms with Crippen LogP contribution < -0.4 is 17.0 Å². The maximum atomic E-state index is 12.0. The molecule has 0 fully saturated rings. The van der Waals surface area contributed by atoms with Crippen molar-refractivity contribution in [3.63, 3.8) is 0 Å². The topological polar surface area (TPSA) is 84.9 Å². The fourth-order valence-electron chi connectivity index (χ4n) is 2.80. The number of nitrogens with two attached hydrogens (primary N) is 2. The first-order chi connectivity index (χ1) is 10.1. The van der Waals surface area contributed by atoms with Crippen molar-refractivity contribution < 1.29 is 0 Å². The zero-order valence-electron chi connectivity index (χ0n) is 11.8. The molecule has 0 saturated carbocycles. The third-order valence-corrected chi connectivity index (χ3v) is 4.99. The van der Waals surface area contributed by atoms with Crippen LogP contribution in [0.1, 0.15) is 29.5 Å². The second-order valence-electron chi connectivity index (χ2n) is 5.39. The van der Waals surface area contributed by atoms with Gasteiger partial charge in [-0.15, -0.1) is 11.8 Å². The number of hydrogen-bond acceptors (Lipinski definition) is 4. The van der Waals surface area contributed by atoms with Crippen LogP contribution in [0, 0.1) is 0 Å². The van der Waals surface area contributed by atoms with E-state index in [0.29, 0.717) is 5.69 Å². The summed E-state index contributed by atoms with van der Waals surface area (Å²) < 4.78 is 0. The number of fused-ring (bicyclic) bond motifs is 1. The summed E-state index contributed by atoms with van der Waals surface area (Å²) >= 11 is 1.65. The molecule has 21 heavy (non-hydrogen) atoms. The number of nitrogens with one attached hydrogen (secondary N) is 1. The number of hydrogen-bond donors (Lipinski definition) is 3. The molecule has 0 saturated heterocycles. The Morgan fingerprint density at radius 2 is 1.90 bits per heavy atom. The summed E-state index contributed by atoms with van der Waals surface area (Å²) in [4.78, 5) is 14.9. The SMILES string of the molecule is Nc1cccc(CSc2[nH]c(=O)c(N)c3c2CCCC3)c1. The third kappa shape index (κ3) is 2.93. The summed E-state index contributed by atoms with van der Waals surface area (Å²) in [6, 6.07) is 7.84. The monoisotopic (exact) mass is 301 g/mol. The molecule has 0 bridgehead atoms. The van der Waals surface area contributed by atoms with Gasteiger partial charge in [0.2, 0.25) is 0 Å². The first kappa shape index (κ1) is 14.1. The van der Waals surface area contributed by atoms with E-state index < -0.39 is 0 Å². The molecule has 0 spiro atoms. The van der Waals surface area contributed by atoms with Gasteiger partial charge in [-0.2, -0.15) is 0 Å². The molecule has 3 rings (SSSR count). The minimum atomic E-state index is -0.161. The quantitative estimate of drug-likeness (QED) is 0.601. The predicted octanol–water partition coefficient (Wildman–Crippen LogP) is 2.71.